The number of benzene rings is 1. The van der Waals surface area contributed by atoms with Crippen LogP contribution in [0, 0.1) is 0 Å². The number of hydrogen-bond acceptors (Lipinski definition) is 4. The van der Waals surface area contributed by atoms with Gasteiger partial charge in [0.05, 0.1) is 16.4 Å². The lowest BCUT2D eigenvalue weighted by atomic mass is 10.3. The molecule has 0 aliphatic heterocycles. The van der Waals surface area contributed by atoms with E-state index in [-0.39, 0.29) is 17.7 Å². The summed E-state index contributed by atoms with van der Waals surface area (Å²) in [4.78, 5) is 10.4. The fraction of sp³-hybridized carbons (Fsp3) is 0.111. The maximum Gasteiger partial charge on any atom is 0.455 e. The normalized spacial score (nSPS) is 11.8. The standard InChI is InChI=1S/C9H6BrF3N2O2/c10-6-2-1-5(3-7(6)16)15-14-4-8(17)9(11,12)13/h1-4,15-16H. The molecule has 0 unspecified atom stereocenters. The summed E-state index contributed by atoms with van der Waals surface area (Å²) in [7, 11) is 0. The molecule has 0 fully saturated rings. The van der Waals surface area contributed by atoms with Crippen LogP contribution in [0.2, 0.25) is 0 Å². The number of phenols is 1. The van der Waals surface area contributed by atoms with Crippen molar-refractivity contribution in [3.8, 4) is 5.75 Å². The van der Waals surface area contributed by atoms with Crippen molar-refractivity contribution in [3.63, 3.8) is 0 Å². The van der Waals surface area contributed by atoms with Crippen molar-refractivity contribution < 1.29 is 23.1 Å². The highest BCUT2D eigenvalue weighted by molar-refractivity contribution is 9.10. The van der Waals surface area contributed by atoms with Gasteiger partial charge in [0, 0.05) is 6.07 Å². The average Bonchev–Trinajstić information content (AvgIpc) is 2.22. The minimum Gasteiger partial charge on any atom is -0.507 e. The summed E-state index contributed by atoms with van der Waals surface area (Å²) in [6.45, 7) is 0. The summed E-state index contributed by atoms with van der Waals surface area (Å²) in [5, 5.41) is 12.4. The zero-order valence-electron chi connectivity index (χ0n) is 8.12. The summed E-state index contributed by atoms with van der Waals surface area (Å²) < 4.78 is 35.8. The number of anilines is 1. The van der Waals surface area contributed by atoms with Gasteiger partial charge in [-0.05, 0) is 28.1 Å². The summed E-state index contributed by atoms with van der Waals surface area (Å²) in [6, 6.07) is 4.16. The van der Waals surface area contributed by atoms with E-state index in [4.69, 9.17) is 0 Å². The first-order valence-electron chi connectivity index (χ1n) is 4.19. The van der Waals surface area contributed by atoms with Crippen molar-refractivity contribution in [2.45, 2.75) is 6.18 Å². The first-order valence-corrected chi connectivity index (χ1v) is 4.99. The molecule has 0 bridgehead atoms. The van der Waals surface area contributed by atoms with Gasteiger partial charge in [-0.2, -0.15) is 18.3 Å². The predicted octanol–water partition coefficient (Wildman–Crippen LogP) is 2.68. The predicted molar refractivity (Wildman–Crippen MR) is 59.0 cm³/mol. The van der Waals surface area contributed by atoms with Gasteiger partial charge in [-0.1, -0.05) is 0 Å². The Kier molecular flexibility index (Phi) is 4.11. The van der Waals surface area contributed by atoms with E-state index in [1.165, 1.54) is 18.2 Å². The van der Waals surface area contributed by atoms with Crippen LogP contribution in [0.1, 0.15) is 0 Å². The van der Waals surface area contributed by atoms with Crippen molar-refractivity contribution in [1.29, 1.82) is 0 Å². The number of rotatable bonds is 3. The molecule has 0 aromatic heterocycles. The molecule has 92 valence electrons. The number of halogens is 4. The number of aromatic hydroxyl groups is 1. The SMILES string of the molecule is O=C(C=NNc1ccc(Br)c(O)c1)C(F)(F)F. The van der Waals surface area contributed by atoms with Crippen LogP contribution in [0.15, 0.2) is 27.8 Å². The highest BCUT2D eigenvalue weighted by atomic mass is 79.9. The van der Waals surface area contributed by atoms with E-state index in [1.807, 2.05) is 0 Å². The maximum atomic E-state index is 11.8. The largest absolute Gasteiger partial charge is 0.507 e. The second-order valence-electron chi connectivity index (χ2n) is 2.90. The van der Waals surface area contributed by atoms with Crippen LogP contribution in [0.4, 0.5) is 18.9 Å². The highest BCUT2D eigenvalue weighted by Gasteiger charge is 2.36. The van der Waals surface area contributed by atoms with Gasteiger partial charge in [-0.15, -0.1) is 0 Å². The summed E-state index contributed by atoms with van der Waals surface area (Å²) in [6.07, 6.45) is -4.81. The minimum atomic E-state index is -4.94. The lowest BCUT2D eigenvalue weighted by Gasteiger charge is -2.02. The topological polar surface area (TPSA) is 61.7 Å². The van der Waals surface area contributed by atoms with Crippen LogP contribution in [0.5, 0.6) is 5.75 Å². The lowest BCUT2D eigenvalue weighted by Crippen LogP contribution is -2.23. The van der Waals surface area contributed by atoms with Crippen LogP contribution in [-0.4, -0.2) is 23.3 Å². The zero-order chi connectivity index (χ0) is 13.1. The fourth-order valence-electron chi connectivity index (χ4n) is 0.821. The third-order valence-corrected chi connectivity index (χ3v) is 2.27. The van der Waals surface area contributed by atoms with Gasteiger partial charge in [0.25, 0.3) is 5.78 Å². The highest BCUT2D eigenvalue weighted by Crippen LogP contribution is 2.26. The Morgan fingerprint density at radius 3 is 2.65 bits per heavy atom. The molecular formula is C9H6BrF3N2O2. The first kappa shape index (κ1) is 13.5. The van der Waals surface area contributed by atoms with E-state index in [1.54, 1.807) is 0 Å². The molecule has 0 heterocycles. The second-order valence-corrected chi connectivity index (χ2v) is 3.75. The van der Waals surface area contributed by atoms with E-state index in [2.05, 4.69) is 26.5 Å². The summed E-state index contributed by atoms with van der Waals surface area (Å²) in [5.41, 5.74) is 2.43. The Hall–Kier alpha value is -1.57. The third-order valence-electron chi connectivity index (χ3n) is 1.60. The Morgan fingerprint density at radius 1 is 1.47 bits per heavy atom. The third kappa shape index (κ3) is 4.06. The molecule has 0 aliphatic carbocycles. The molecule has 0 amide bonds. The number of phenolic OH excluding ortho intramolecular Hbond substituents is 1. The van der Waals surface area contributed by atoms with Crippen LogP contribution in [0.3, 0.4) is 0 Å². The molecule has 1 aromatic carbocycles. The molecule has 0 aliphatic rings. The number of alkyl halides is 3. The van der Waals surface area contributed by atoms with Gasteiger partial charge < -0.3 is 5.11 Å². The smallest absolute Gasteiger partial charge is 0.455 e. The average molecular weight is 311 g/mol. The van der Waals surface area contributed by atoms with Gasteiger partial charge in [-0.25, -0.2) is 0 Å². The van der Waals surface area contributed by atoms with Crippen LogP contribution in [0.25, 0.3) is 0 Å². The van der Waals surface area contributed by atoms with Crippen molar-refractivity contribution in [1.82, 2.24) is 0 Å². The van der Waals surface area contributed by atoms with Gasteiger partial charge in [0.15, 0.2) is 0 Å². The van der Waals surface area contributed by atoms with Crippen molar-refractivity contribution in [2.24, 2.45) is 5.10 Å². The quantitative estimate of drug-likeness (QED) is 0.666. The molecule has 2 N–H and O–H groups in total. The molecule has 0 atom stereocenters. The van der Waals surface area contributed by atoms with Gasteiger partial charge in [0.1, 0.15) is 5.75 Å². The Bertz CT molecular complexity index is 460. The number of hydrazone groups is 1. The molecule has 4 nitrogen and oxygen atoms in total. The number of carbonyl (C=O) groups is 1. The maximum absolute atomic E-state index is 11.8. The summed E-state index contributed by atoms with van der Waals surface area (Å²) in [5.74, 6) is -2.17. The molecule has 1 aromatic rings. The Morgan fingerprint density at radius 2 is 2.12 bits per heavy atom. The van der Waals surface area contributed by atoms with Gasteiger partial charge in [0.2, 0.25) is 0 Å². The number of Topliss-reactive ketones (excluding diaryl/α,β-unsaturated/α-hetero) is 1. The van der Waals surface area contributed by atoms with Crippen LogP contribution in [-0.2, 0) is 4.79 Å². The summed E-state index contributed by atoms with van der Waals surface area (Å²) >= 11 is 3.03. The number of hydrogen-bond donors (Lipinski definition) is 2. The second kappa shape index (κ2) is 5.17. The van der Waals surface area contributed by atoms with Crippen LogP contribution >= 0.6 is 15.9 Å². The van der Waals surface area contributed by atoms with E-state index >= 15 is 0 Å². The van der Waals surface area contributed by atoms with Gasteiger partial charge >= 0.3 is 6.18 Å². The molecular weight excluding hydrogens is 305 g/mol. The lowest BCUT2D eigenvalue weighted by molar-refractivity contribution is -0.162. The fourth-order valence-corrected chi connectivity index (χ4v) is 1.07. The molecule has 8 heteroatoms. The molecule has 1 rings (SSSR count). The molecule has 0 saturated carbocycles. The number of nitrogens with zero attached hydrogens (tertiary/aromatic N) is 1. The zero-order valence-corrected chi connectivity index (χ0v) is 9.71. The number of ketones is 1. The first-order chi connectivity index (χ1) is 7.80. The minimum absolute atomic E-state index is 0.104. The van der Waals surface area contributed by atoms with E-state index in [0.717, 1.165) is 0 Å². The van der Waals surface area contributed by atoms with Gasteiger partial charge in [-0.3, -0.25) is 10.2 Å². The Labute approximate surface area is 102 Å². The van der Waals surface area contributed by atoms with E-state index in [9.17, 15) is 23.1 Å². The molecule has 17 heavy (non-hydrogen) atoms. The number of carbonyl (C=O) groups excluding carboxylic acids is 1. The number of nitrogens with one attached hydrogen (secondary N) is 1. The van der Waals surface area contributed by atoms with E-state index in [0.29, 0.717) is 4.47 Å². The van der Waals surface area contributed by atoms with Crippen molar-refractivity contribution >= 4 is 33.6 Å². The van der Waals surface area contributed by atoms with E-state index < -0.39 is 12.0 Å². The molecule has 0 spiro atoms. The van der Waals surface area contributed by atoms with Crippen LogP contribution < -0.4 is 5.43 Å². The molecule has 0 radical (unpaired) electrons. The van der Waals surface area contributed by atoms with Crippen molar-refractivity contribution in [2.75, 3.05) is 5.43 Å². The Balaban J connectivity index is 2.65. The monoisotopic (exact) mass is 310 g/mol. The molecule has 0 saturated heterocycles. The van der Waals surface area contributed by atoms with Crippen molar-refractivity contribution in [3.05, 3.63) is 22.7 Å².